The molecule has 1 aromatic carbocycles. The second-order valence-electron chi connectivity index (χ2n) is 6.43. The molecule has 0 N–H and O–H groups in total. The zero-order valence-corrected chi connectivity index (χ0v) is 14.4. The van der Waals surface area contributed by atoms with Crippen LogP contribution >= 0.6 is 0 Å². The van der Waals surface area contributed by atoms with Crippen molar-refractivity contribution in [3.63, 3.8) is 0 Å². The molecule has 1 amide bonds. The number of rotatable bonds is 2. The second-order valence-corrected chi connectivity index (χ2v) is 6.43. The number of aromatic nitrogens is 3. The van der Waals surface area contributed by atoms with E-state index < -0.39 is 0 Å². The number of pyridine rings is 1. The van der Waals surface area contributed by atoms with Crippen LogP contribution in [0, 0.1) is 13.8 Å². The zero-order chi connectivity index (χ0) is 17.4. The Kier molecular flexibility index (Phi) is 3.84. The molecule has 4 rings (SSSR count). The average molecular weight is 332 g/mol. The standard InChI is InChI=1S/C20H20N4O/c1-14-6-5-7-16-13-23(11-9-17(14)16)20(25)18-12-22-24(15(18)2)19-8-3-4-10-21-19/h3-8,10,12H,9,11,13H2,1-2H3. The van der Waals surface area contributed by atoms with Crippen LogP contribution in [0.4, 0.5) is 0 Å². The first-order valence-electron chi connectivity index (χ1n) is 8.48. The van der Waals surface area contributed by atoms with Crippen molar-refractivity contribution in [3.8, 4) is 5.82 Å². The lowest BCUT2D eigenvalue weighted by atomic mass is 9.95. The lowest BCUT2D eigenvalue weighted by Crippen LogP contribution is -2.36. The van der Waals surface area contributed by atoms with Crippen LogP contribution in [0.5, 0.6) is 0 Å². The van der Waals surface area contributed by atoms with E-state index in [1.54, 1.807) is 17.1 Å². The number of fused-ring (bicyclic) bond motifs is 1. The zero-order valence-electron chi connectivity index (χ0n) is 14.4. The van der Waals surface area contributed by atoms with E-state index >= 15 is 0 Å². The largest absolute Gasteiger partial charge is 0.334 e. The Hall–Kier alpha value is -2.95. The summed E-state index contributed by atoms with van der Waals surface area (Å²) >= 11 is 0. The van der Waals surface area contributed by atoms with Crippen LogP contribution in [-0.2, 0) is 13.0 Å². The molecule has 0 saturated carbocycles. The first-order chi connectivity index (χ1) is 12.1. The third-order valence-electron chi connectivity index (χ3n) is 4.89. The topological polar surface area (TPSA) is 51.0 Å². The Labute approximate surface area is 146 Å². The molecule has 5 nitrogen and oxygen atoms in total. The Morgan fingerprint density at radius 2 is 2.00 bits per heavy atom. The number of carbonyl (C=O) groups excluding carboxylic acids is 1. The van der Waals surface area contributed by atoms with Gasteiger partial charge in [-0.15, -0.1) is 0 Å². The molecular formula is C20H20N4O. The highest BCUT2D eigenvalue weighted by Gasteiger charge is 2.25. The summed E-state index contributed by atoms with van der Waals surface area (Å²) in [6.45, 7) is 5.45. The third kappa shape index (κ3) is 2.71. The van der Waals surface area contributed by atoms with Crippen molar-refractivity contribution >= 4 is 5.91 Å². The number of hydrogen-bond donors (Lipinski definition) is 0. The fourth-order valence-corrected chi connectivity index (χ4v) is 3.47. The summed E-state index contributed by atoms with van der Waals surface area (Å²) in [6.07, 6.45) is 4.28. The maximum Gasteiger partial charge on any atom is 0.257 e. The van der Waals surface area contributed by atoms with E-state index in [1.807, 2.05) is 30.0 Å². The van der Waals surface area contributed by atoms with Crippen molar-refractivity contribution < 1.29 is 4.79 Å². The molecule has 0 aliphatic carbocycles. The fourth-order valence-electron chi connectivity index (χ4n) is 3.47. The van der Waals surface area contributed by atoms with Gasteiger partial charge in [0.15, 0.2) is 5.82 Å². The van der Waals surface area contributed by atoms with Crippen molar-refractivity contribution in [2.75, 3.05) is 6.54 Å². The van der Waals surface area contributed by atoms with Gasteiger partial charge in [0, 0.05) is 19.3 Å². The van der Waals surface area contributed by atoms with Crippen molar-refractivity contribution in [2.24, 2.45) is 0 Å². The van der Waals surface area contributed by atoms with Crippen molar-refractivity contribution in [2.45, 2.75) is 26.8 Å². The number of carbonyl (C=O) groups is 1. The van der Waals surface area contributed by atoms with E-state index in [0.717, 1.165) is 24.5 Å². The van der Waals surface area contributed by atoms with Crippen LogP contribution in [0.1, 0.15) is 32.7 Å². The molecule has 25 heavy (non-hydrogen) atoms. The molecule has 0 spiro atoms. The van der Waals surface area contributed by atoms with Crippen LogP contribution in [0.25, 0.3) is 5.82 Å². The van der Waals surface area contributed by atoms with Crippen LogP contribution in [0.15, 0.2) is 48.8 Å². The van der Waals surface area contributed by atoms with Gasteiger partial charge >= 0.3 is 0 Å². The summed E-state index contributed by atoms with van der Waals surface area (Å²) < 4.78 is 1.72. The molecule has 1 aliphatic rings. The molecule has 0 radical (unpaired) electrons. The number of nitrogens with zero attached hydrogens (tertiary/aromatic N) is 4. The summed E-state index contributed by atoms with van der Waals surface area (Å²) in [4.78, 5) is 19.2. The minimum Gasteiger partial charge on any atom is -0.334 e. The normalized spacial score (nSPS) is 13.6. The fraction of sp³-hybridized carbons (Fsp3) is 0.250. The molecule has 2 aromatic heterocycles. The highest BCUT2D eigenvalue weighted by molar-refractivity contribution is 5.95. The Morgan fingerprint density at radius 1 is 1.12 bits per heavy atom. The predicted octanol–water partition coefficient (Wildman–Crippen LogP) is 3.08. The van der Waals surface area contributed by atoms with E-state index in [2.05, 4.69) is 35.2 Å². The average Bonchev–Trinajstić information content (AvgIpc) is 3.03. The minimum absolute atomic E-state index is 0.0341. The molecule has 0 saturated heterocycles. The maximum absolute atomic E-state index is 13.0. The summed E-state index contributed by atoms with van der Waals surface area (Å²) in [5, 5.41) is 4.37. The van der Waals surface area contributed by atoms with E-state index in [1.165, 1.54) is 16.7 Å². The summed E-state index contributed by atoms with van der Waals surface area (Å²) in [7, 11) is 0. The van der Waals surface area contributed by atoms with Crippen molar-refractivity contribution in [3.05, 3.63) is 76.7 Å². The van der Waals surface area contributed by atoms with Crippen molar-refractivity contribution in [1.29, 1.82) is 0 Å². The first kappa shape index (κ1) is 15.6. The van der Waals surface area contributed by atoms with E-state index in [0.29, 0.717) is 12.1 Å². The molecule has 0 fully saturated rings. The highest BCUT2D eigenvalue weighted by atomic mass is 16.2. The number of benzene rings is 1. The van der Waals surface area contributed by atoms with Gasteiger partial charge in [0.1, 0.15) is 0 Å². The van der Waals surface area contributed by atoms with Crippen LogP contribution in [0.2, 0.25) is 0 Å². The summed E-state index contributed by atoms with van der Waals surface area (Å²) in [5.41, 5.74) is 5.39. The predicted molar refractivity (Wildman–Crippen MR) is 95.7 cm³/mol. The van der Waals surface area contributed by atoms with Crippen LogP contribution in [0.3, 0.4) is 0 Å². The van der Waals surface area contributed by atoms with Gasteiger partial charge in [-0.05, 0) is 49.1 Å². The van der Waals surface area contributed by atoms with Gasteiger partial charge in [-0.25, -0.2) is 9.67 Å². The smallest absolute Gasteiger partial charge is 0.257 e. The Bertz CT molecular complexity index is 930. The molecule has 3 heterocycles. The molecule has 0 unspecified atom stereocenters. The third-order valence-corrected chi connectivity index (χ3v) is 4.89. The van der Waals surface area contributed by atoms with Gasteiger partial charge in [-0.1, -0.05) is 24.3 Å². The molecule has 1 aliphatic heterocycles. The maximum atomic E-state index is 13.0. The van der Waals surface area contributed by atoms with Crippen LogP contribution in [-0.4, -0.2) is 32.1 Å². The highest BCUT2D eigenvalue weighted by Crippen LogP contribution is 2.24. The number of amides is 1. The molecule has 126 valence electrons. The SMILES string of the molecule is Cc1cccc2c1CCN(C(=O)c1cnn(-c3ccccn3)c1C)C2. The monoisotopic (exact) mass is 332 g/mol. The summed E-state index contributed by atoms with van der Waals surface area (Å²) in [6, 6.07) is 12.0. The van der Waals surface area contributed by atoms with Gasteiger partial charge in [0.2, 0.25) is 0 Å². The molecule has 3 aromatic rings. The second kappa shape index (κ2) is 6.16. The Balaban J connectivity index is 1.61. The van der Waals surface area contributed by atoms with E-state index in [-0.39, 0.29) is 5.91 Å². The van der Waals surface area contributed by atoms with Gasteiger partial charge in [-0.2, -0.15) is 5.10 Å². The van der Waals surface area contributed by atoms with E-state index in [9.17, 15) is 4.79 Å². The molecule has 0 atom stereocenters. The number of hydrogen-bond acceptors (Lipinski definition) is 3. The van der Waals surface area contributed by atoms with Crippen molar-refractivity contribution in [1.82, 2.24) is 19.7 Å². The lowest BCUT2D eigenvalue weighted by Gasteiger charge is -2.29. The molecular weight excluding hydrogens is 312 g/mol. The van der Waals surface area contributed by atoms with Gasteiger partial charge in [0.25, 0.3) is 5.91 Å². The van der Waals surface area contributed by atoms with Gasteiger partial charge in [0.05, 0.1) is 17.5 Å². The van der Waals surface area contributed by atoms with Gasteiger partial charge < -0.3 is 4.90 Å². The Morgan fingerprint density at radius 3 is 2.80 bits per heavy atom. The van der Waals surface area contributed by atoms with E-state index in [4.69, 9.17) is 0 Å². The summed E-state index contributed by atoms with van der Waals surface area (Å²) in [5.74, 6) is 0.755. The van der Waals surface area contributed by atoms with Gasteiger partial charge in [-0.3, -0.25) is 4.79 Å². The minimum atomic E-state index is 0.0341. The molecule has 5 heteroatoms. The van der Waals surface area contributed by atoms with Crippen LogP contribution < -0.4 is 0 Å². The number of aryl methyl sites for hydroxylation is 1. The lowest BCUT2D eigenvalue weighted by molar-refractivity contribution is 0.0733. The quantitative estimate of drug-likeness (QED) is 0.725. The molecule has 0 bridgehead atoms. The first-order valence-corrected chi connectivity index (χ1v) is 8.48.